The van der Waals surface area contributed by atoms with Gasteiger partial charge in [-0.15, -0.1) is 0 Å². The molecular formula is C46H87O8P. The third-order valence-electron chi connectivity index (χ3n) is 10.3. The molecule has 0 aliphatic heterocycles. The predicted octanol–water partition coefficient (Wildman–Crippen LogP) is 14.4. The van der Waals surface area contributed by atoms with E-state index in [0.717, 1.165) is 32.1 Å². The minimum absolute atomic E-state index is 0.198. The van der Waals surface area contributed by atoms with E-state index in [-0.39, 0.29) is 13.0 Å². The van der Waals surface area contributed by atoms with Crippen molar-refractivity contribution in [1.82, 2.24) is 0 Å². The molecule has 8 nitrogen and oxygen atoms in total. The van der Waals surface area contributed by atoms with Crippen molar-refractivity contribution in [3.05, 3.63) is 24.3 Å². The maximum absolute atomic E-state index is 12.4. The first-order valence-electron chi connectivity index (χ1n) is 23.2. The standard InChI is InChI=1S/C46H87O8P/c1-3-5-7-9-11-13-15-17-19-20-21-22-23-24-25-27-29-31-33-35-37-39-41-46(48)54-44(43-53-55(49,50)51)42-52-45(47)40-38-36-34-32-30-28-26-18-16-14-12-10-8-6-4-2/h34,36,38,40,44H,3-33,35,37,39,41-43H2,1-2H3,(H2,49,50,51)/b36-34+,40-38+/t44-/m1/s1. The lowest BCUT2D eigenvalue weighted by Crippen LogP contribution is -2.29. The van der Waals surface area contributed by atoms with E-state index in [2.05, 4.69) is 18.4 Å². The third-order valence-corrected chi connectivity index (χ3v) is 10.8. The topological polar surface area (TPSA) is 119 Å². The normalized spacial score (nSPS) is 12.6. The molecule has 0 saturated carbocycles. The molecule has 2 N–H and O–H groups in total. The van der Waals surface area contributed by atoms with Crippen LogP contribution in [0, 0.1) is 0 Å². The second-order valence-corrected chi connectivity index (χ2v) is 17.1. The minimum Gasteiger partial charge on any atom is -0.458 e. The van der Waals surface area contributed by atoms with E-state index in [4.69, 9.17) is 19.3 Å². The van der Waals surface area contributed by atoms with Crippen LogP contribution < -0.4 is 0 Å². The Morgan fingerprint density at radius 3 is 1.25 bits per heavy atom. The number of hydrogen-bond donors (Lipinski definition) is 2. The Balaban J connectivity index is 3.88. The molecule has 0 saturated heterocycles. The fraction of sp³-hybridized carbons (Fsp3) is 0.870. The Morgan fingerprint density at radius 1 is 0.509 bits per heavy atom. The maximum Gasteiger partial charge on any atom is 0.469 e. The average Bonchev–Trinajstić information content (AvgIpc) is 3.16. The molecule has 0 aromatic rings. The molecule has 0 aliphatic carbocycles. The van der Waals surface area contributed by atoms with Gasteiger partial charge >= 0.3 is 19.8 Å². The molecule has 0 rings (SSSR count). The van der Waals surface area contributed by atoms with Crippen LogP contribution in [-0.4, -0.2) is 41.0 Å². The Bertz CT molecular complexity index is 946. The highest BCUT2D eigenvalue weighted by atomic mass is 31.2. The van der Waals surface area contributed by atoms with Crippen molar-refractivity contribution in [2.45, 2.75) is 245 Å². The molecule has 0 amide bonds. The van der Waals surface area contributed by atoms with Gasteiger partial charge in [0, 0.05) is 12.5 Å². The zero-order valence-corrected chi connectivity index (χ0v) is 36.7. The van der Waals surface area contributed by atoms with E-state index in [9.17, 15) is 14.2 Å². The number of phosphoric acid groups is 1. The summed E-state index contributed by atoms with van der Waals surface area (Å²) in [6.45, 7) is 3.61. The highest BCUT2D eigenvalue weighted by Crippen LogP contribution is 2.36. The first-order valence-corrected chi connectivity index (χ1v) is 24.7. The van der Waals surface area contributed by atoms with Crippen molar-refractivity contribution < 1.29 is 37.9 Å². The zero-order chi connectivity index (χ0) is 40.3. The molecule has 9 heteroatoms. The smallest absolute Gasteiger partial charge is 0.458 e. The summed E-state index contributed by atoms with van der Waals surface area (Å²) in [6, 6.07) is 0. The van der Waals surface area contributed by atoms with E-state index >= 15 is 0 Å². The lowest BCUT2D eigenvalue weighted by atomic mass is 10.0. The van der Waals surface area contributed by atoms with Gasteiger partial charge in [-0.25, -0.2) is 9.36 Å². The van der Waals surface area contributed by atoms with Crippen LogP contribution in [-0.2, 0) is 28.2 Å². The Morgan fingerprint density at radius 2 is 0.873 bits per heavy atom. The summed E-state index contributed by atoms with van der Waals surface area (Å²) < 4.78 is 26.3. The molecule has 0 aliphatic rings. The fourth-order valence-corrected chi connectivity index (χ4v) is 7.24. The van der Waals surface area contributed by atoms with Gasteiger partial charge in [0.05, 0.1) is 6.61 Å². The van der Waals surface area contributed by atoms with Crippen LogP contribution in [0.5, 0.6) is 0 Å². The van der Waals surface area contributed by atoms with Crippen LogP contribution >= 0.6 is 7.82 Å². The fourth-order valence-electron chi connectivity index (χ4n) is 6.88. The van der Waals surface area contributed by atoms with Gasteiger partial charge in [0.1, 0.15) is 6.61 Å². The largest absolute Gasteiger partial charge is 0.469 e. The van der Waals surface area contributed by atoms with E-state index in [0.29, 0.717) is 6.42 Å². The van der Waals surface area contributed by atoms with E-state index in [1.807, 2.05) is 12.2 Å². The number of phosphoric ester groups is 1. The highest BCUT2D eigenvalue weighted by Gasteiger charge is 2.22. The van der Waals surface area contributed by atoms with Gasteiger partial charge in [0.2, 0.25) is 0 Å². The summed E-state index contributed by atoms with van der Waals surface area (Å²) in [7, 11) is -4.77. The first kappa shape index (κ1) is 53.5. The lowest BCUT2D eigenvalue weighted by molar-refractivity contribution is -0.159. The SMILES string of the molecule is CCCCCCCCCCCCC/C=C/C=C/C(=O)OC[C@H](COP(=O)(O)O)OC(=O)CCCCCCCCCCCCCCCCCCCCCCCC. The van der Waals surface area contributed by atoms with Gasteiger partial charge in [0.25, 0.3) is 0 Å². The monoisotopic (exact) mass is 799 g/mol. The molecule has 0 radical (unpaired) electrons. The average molecular weight is 799 g/mol. The van der Waals surface area contributed by atoms with Gasteiger partial charge in [-0.1, -0.05) is 231 Å². The second kappa shape index (κ2) is 42.1. The lowest BCUT2D eigenvalue weighted by Gasteiger charge is -2.18. The molecule has 1 atom stereocenters. The van der Waals surface area contributed by atoms with Crippen molar-refractivity contribution in [1.29, 1.82) is 0 Å². The number of hydrogen-bond acceptors (Lipinski definition) is 6. The Labute approximate surface area is 339 Å². The molecule has 55 heavy (non-hydrogen) atoms. The Kier molecular flexibility index (Phi) is 41.0. The van der Waals surface area contributed by atoms with Gasteiger partial charge in [-0.2, -0.15) is 0 Å². The van der Waals surface area contributed by atoms with Crippen molar-refractivity contribution in [2.75, 3.05) is 13.2 Å². The number of allylic oxidation sites excluding steroid dienone is 3. The van der Waals surface area contributed by atoms with Crippen molar-refractivity contribution >= 4 is 19.8 Å². The maximum atomic E-state index is 12.4. The molecular weight excluding hydrogens is 711 g/mol. The summed E-state index contributed by atoms with van der Waals surface area (Å²) in [5.41, 5.74) is 0. The molecule has 0 spiro atoms. The zero-order valence-electron chi connectivity index (χ0n) is 35.8. The molecule has 0 aromatic carbocycles. The summed E-state index contributed by atoms with van der Waals surface area (Å²) in [5.74, 6) is -1.12. The first-order chi connectivity index (χ1) is 26.8. The van der Waals surface area contributed by atoms with Crippen LogP contribution in [0.15, 0.2) is 24.3 Å². The van der Waals surface area contributed by atoms with Gasteiger partial charge < -0.3 is 19.3 Å². The number of ether oxygens (including phenoxy) is 2. The quantitative estimate of drug-likeness (QED) is 0.0206. The number of carbonyl (C=O) groups excluding carboxylic acids is 2. The Hall–Kier alpha value is -1.47. The van der Waals surface area contributed by atoms with Crippen LogP contribution in [0.2, 0.25) is 0 Å². The van der Waals surface area contributed by atoms with Gasteiger partial charge in [-0.05, 0) is 19.3 Å². The van der Waals surface area contributed by atoms with Crippen molar-refractivity contribution in [2.24, 2.45) is 0 Å². The number of esters is 2. The molecule has 0 heterocycles. The van der Waals surface area contributed by atoms with Crippen LogP contribution in [0.3, 0.4) is 0 Å². The number of unbranched alkanes of at least 4 members (excludes halogenated alkanes) is 32. The summed E-state index contributed by atoms with van der Waals surface area (Å²) >= 11 is 0. The minimum atomic E-state index is -4.77. The van der Waals surface area contributed by atoms with E-state index < -0.39 is 32.5 Å². The van der Waals surface area contributed by atoms with Crippen LogP contribution in [0.25, 0.3) is 0 Å². The third kappa shape index (κ3) is 45.1. The summed E-state index contributed by atoms with van der Waals surface area (Å²) in [6.07, 6.45) is 49.7. The molecule has 0 bridgehead atoms. The summed E-state index contributed by atoms with van der Waals surface area (Å²) in [5, 5.41) is 0. The predicted molar refractivity (Wildman–Crippen MR) is 230 cm³/mol. The van der Waals surface area contributed by atoms with Gasteiger partial charge in [0.15, 0.2) is 6.10 Å². The van der Waals surface area contributed by atoms with Gasteiger partial charge in [-0.3, -0.25) is 9.32 Å². The summed E-state index contributed by atoms with van der Waals surface area (Å²) in [4.78, 5) is 42.8. The molecule has 0 fully saturated rings. The number of rotatable bonds is 43. The molecule has 0 unspecified atom stereocenters. The highest BCUT2D eigenvalue weighted by molar-refractivity contribution is 7.46. The van der Waals surface area contributed by atoms with Crippen LogP contribution in [0.4, 0.5) is 0 Å². The molecule has 324 valence electrons. The van der Waals surface area contributed by atoms with E-state index in [1.165, 1.54) is 186 Å². The van der Waals surface area contributed by atoms with E-state index in [1.54, 1.807) is 6.08 Å². The second-order valence-electron chi connectivity index (χ2n) is 15.8. The van der Waals surface area contributed by atoms with Crippen LogP contribution in [0.1, 0.15) is 239 Å². The van der Waals surface area contributed by atoms with Crippen molar-refractivity contribution in [3.63, 3.8) is 0 Å². The molecule has 0 aromatic heterocycles. The van der Waals surface area contributed by atoms with Crippen molar-refractivity contribution in [3.8, 4) is 0 Å². The number of carbonyl (C=O) groups is 2.